The third kappa shape index (κ3) is 5.17. The minimum absolute atomic E-state index is 0.279. The van der Waals surface area contributed by atoms with Gasteiger partial charge in [0, 0.05) is 13.2 Å². The Kier molecular flexibility index (Phi) is 5.32. The van der Waals surface area contributed by atoms with Gasteiger partial charge in [0.05, 0.1) is 5.69 Å². The van der Waals surface area contributed by atoms with Gasteiger partial charge in [-0.2, -0.15) is 0 Å². The number of hydrogen-bond donors (Lipinski definition) is 1. The molecule has 4 heteroatoms. The maximum Gasteiger partial charge on any atom is 0.0830 e. The summed E-state index contributed by atoms with van der Waals surface area (Å²) in [5.74, 6) is 1.27. The van der Waals surface area contributed by atoms with Gasteiger partial charge in [0.2, 0.25) is 0 Å². The number of aromatic nitrogens is 3. The average molecular weight is 252 g/mol. The maximum atomic E-state index is 4.20. The molecule has 0 saturated carbocycles. The van der Waals surface area contributed by atoms with Crippen molar-refractivity contribution in [1.82, 2.24) is 20.3 Å². The summed E-state index contributed by atoms with van der Waals surface area (Å²) in [6.45, 7) is 13.5. The summed E-state index contributed by atoms with van der Waals surface area (Å²) in [5.41, 5.74) is 1.37. The molecule has 0 aliphatic carbocycles. The van der Waals surface area contributed by atoms with Gasteiger partial charge in [0.25, 0.3) is 0 Å². The van der Waals surface area contributed by atoms with E-state index in [1.54, 1.807) is 4.68 Å². The molecule has 1 rings (SSSR count). The number of hydrogen-bond acceptors (Lipinski definition) is 3. The number of nitrogens with zero attached hydrogens (tertiary/aromatic N) is 3. The highest BCUT2D eigenvalue weighted by molar-refractivity contribution is 4.96. The molecule has 0 aliphatic rings. The Hall–Kier alpha value is -0.900. The highest BCUT2D eigenvalue weighted by Gasteiger charge is 2.25. The fraction of sp³-hybridized carbons (Fsp3) is 0.857. The van der Waals surface area contributed by atoms with Crippen molar-refractivity contribution in [2.75, 3.05) is 13.1 Å². The quantitative estimate of drug-likeness (QED) is 0.844. The van der Waals surface area contributed by atoms with Crippen molar-refractivity contribution in [2.45, 2.75) is 41.0 Å². The monoisotopic (exact) mass is 252 g/mol. The molecule has 1 aromatic rings. The smallest absolute Gasteiger partial charge is 0.0830 e. The minimum Gasteiger partial charge on any atom is -0.316 e. The lowest BCUT2D eigenvalue weighted by Crippen LogP contribution is -2.35. The van der Waals surface area contributed by atoms with E-state index in [2.05, 4.69) is 50.2 Å². The van der Waals surface area contributed by atoms with E-state index in [4.69, 9.17) is 0 Å². The van der Waals surface area contributed by atoms with Gasteiger partial charge >= 0.3 is 0 Å². The lowest BCUT2D eigenvalue weighted by atomic mass is 9.78. The second-order valence-corrected chi connectivity index (χ2v) is 6.70. The summed E-state index contributed by atoms with van der Waals surface area (Å²) >= 11 is 0. The molecule has 0 fully saturated rings. The molecule has 0 saturated heterocycles. The Morgan fingerprint density at radius 3 is 2.39 bits per heavy atom. The summed E-state index contributed by atoms with van der Waals surface area (Å²) in [4.78, 5) is 0. The summed E-state index contributed by atoms with van der Waals surface area (Å²) in [6, 6.07) is 0. The highest BCUT2D eigenvalue weighted by Crippen LogP contribution is 2.28. The second kappa shape index (κ2) is 6.32. The van der Waals surface area contributed by atoms with Crippen molar-refractivity contribution in [3.63, 3.8) is 0 Å². The van der Waals surface area contributed by atoms with Crippen LogP contribution in [0, 0.1) is 17.3 Å². The lowest BCUT2D eigenvalue weighted by Gasteiger charge is -2.30. The highest BCUT2D eigenvalue weighted by atomic mass is 15.4. The van der Waals surface area contributed by atoms with Gasteiger partial charge in [-0.15, -0.1) is 5.10 Å². The molecule has 1 atom stereocenters. The fourth-order valence-electron chi connectivity index (χ4n) is 1.97. The van der Waals surface area contributed by atoms with Gasteiger partial charge in [-0.05, 0) is 36.8 Å². The molecular weight excluding hydrogens is 224 g/mol. The second-order valence-electron chi connectivity index (χ2n) is 6.70. The number of aryl methyl sites for hydroxylation is 1. The van der Waals surface area contributed by atoms with Gasteiger partial charge in [-0.1, -0.05) is 39.8 Å². The lowest BCUT2D eigenvalue weighted by molar-refractivity contribution is 0.227. The van der Waals surface area contributed by atoms with E-state index in [0.29, 0.717) is 11.8 Å². The molecule has 0 spiro atoms. The molecule has 0 aliphatic heterocycles. The molecule has 0 amide bonds. The molecule has 0 bridgehead atoms. The number of nitrogens with one attached hydrogen (secondary N) is 1. The van der Waals surface area contributed by atoms with Crippen LogP contribution >= 0.6 is 0 Å². The van der Waals surface area contributed by atoms with E-state index in [-0.39, 0.29) is 5.41 Å². The third-order valence-corrected chi connectivity index (χ3v) is 3.27. The van der Waals surface area contributed by atoms with E-state index in [0.717, 1.165) is 25.2 Å². The van der Waals surface area contributed by atoms with Crippen LogP contribution in [0.5, 0.6) is 0 Å². The van der Waals surface area contributed by atoms with Crippen molar-refractivity contribution >= 4 is 0 Å². The minimum atomic E-state index is 0.279. The largest absolute Gasteiger partial charge is 0.316 e. The molecule has 4 nitrogen and oxygen atoms in total. The number of rotatable bonds is 6. The standard InChI is InChI=1S/C14H28N4/c1-11(2)8-15-9-12(14(3,4)5)7-13-10-18(6)17-16-13/h10-12,15H,7-9H2,1-6H3. The van der Waals surface area contributed by atoms with Crippen LogP contribution in [0.2, 0.25) is 0 Å². The Labute approximate surface area is 111 Å². The summed E-state index contributed by atoms with van der Waals surface area (Å²) < 4.78 is 1.77. The Morgan fingerprint density at radius 1 is 1.28 bits per heavy atom. The van der Waals surface area contributed by atoms with E-state index >= 15 is 0 Å². The summed E-state index contributed by atoms with van der Waals surface area (Å²) in [6.07, 6.45) is 3.00. The zero-order valence-corrected chi connectivity index (χ0v) is 12.7. The van der Waals surface area contributed by atoms with Gasteiger partial charge in [0.1, 0.15) is 0 Å². The molecule has 1 N–H and O–H groups in total. The van der Waals surface area contributed by atoms with Gasteiger partial charge in [0.15, 0.2) is 0 Å². The van der Waals surface area contributed by atoms with Crippen LogP contribution in [-0.2, 0) is 13.5 Å². The van der Waals surface area contributed by atoms with Crippen molar-refractivity contribution < 1.29 is 0 Å². The van der Waals surface area contributed by atoms with Crippen LogP contribution in [0.15, 0.2) is 6.20 Å². The molecule has 0 radical (unpaired) electrons. The van der Waals surface area contributed by atoms with Crippen LogP contribution in [0.25, 0.3) is 0 Å². The zero-order valence-electron chi connectivity index (χ0n) is 12.7. The molecular formula is C14H28N4. The molecule has 1 aromatic heterocycles. The van der Waals surface area contributed by atoms with Crippen LogP contribution in [-0.4, -0.2) is 28.1 Å². The molecule has 104 valence electrons. The SMILES string of the molecule is CC(C)CNCC(Cc1cn(C)nn1)C(C)(C)C. The summed E-state index contributed by atoms with van der Waals surface area (Å²) in [5, 5.41) is 11.8. The first kappa shape index (κ1) is 15.2. The Balaban J connectivity index is 2.56. The topological polar surface area (TPSA) is 42.7 Å². The van der Waals surface area contributed by atoms with E-state index in [1.165, 1.54) is 0 Å². The van der Waals surface area contributed by atoms with Gasteiger partial charge in [-0.25, -0.2) is 0 Å². The molecule has 1 heterocycles. The van der Waals surface area contributed by atoms with Crippen LogP contribution in [0.3, 0.4) is 0 Å². The van der Waals surface area contributed by atoms with Crippen molar-refractivity contribution in [2.24, 2.45) is 24.3 Å². The third-order valence-electron chi connectivity index (χ3n) is 3.27. The summed E-state index contributed by atoms with van der Waals surface area (Å²) in [7, 11) is 1.92. The Bertz CT molecular complexity index is 349. The van der Waals surface area contributed by atoms with Crippen molar-refractivity contribution in [1.29, 1.82) is 0 Å². The van der Waals surface area contributed by atoms with E-state index in [9.17, 15) is 0 Å². The first-order valence-corrected chi connectivity index (χ1v) is 6.85. The Morgan fingerprint density at radius 2 is 1.94 bits per heavy atom. The van der Waals surface area contributed by atoms with Gasteiger partial charge < -0.3 is 5.32 Å². The average Bonchev–Trinajstić information content (AvgIpc) is 2.60. The first-order valence-electron chi connectivity index (χ1n) is 6.85. The molecule has 0 aromatic carbocycles. The molecule has 18 heavy (non-hydrogen) atoms. The maximum absolute atomic E-state index is 4.20. The van der Waals surface area contributed by atoms with Crippen LogP contribution in [0.4, 0.5) is 0 Å². The first-order chi connectivity index (χ1) is 8.29. The van der Waals surface area contributed by atoms with E-state index < -0.39 is 0 Å². The predicted molar refractivity (Wildman–Crippen MR) is 75.4 cm³/mol. The predicted octanol–water partition coefficient (Wildman–Crippen LogP) is 2.27. The van der Waals surface area contributed by atoms with Crippen LogP contribution < -0.4 is 5.32 Å². The normalized spacial score (nSPS) is 14.2. The van der Waals surface area contributed by atoms with Crippen molar-refractivity contribution in [3.8, 4) is 0 Å². The fourth-order valence-corrected chi connectivity index (χ4v) is 1.97. The van der Waals surface area contributed by atoms with Crippen molar-refractivity contribution in [3.05, 3.63) is 11.9 Å². The molecule has 1 unspecified atom stereocenters. The zero-order chi connectivity index (χ0) is 13.8. The van der Waals surface area contributed by atoms with E-state index in [1.807, 2.05) is 13.2 Å². The van der Waals surface area contributed by atoms with Crippen LogP contribution in [0.1, 0.15) is 40.3 Å². The van der Waals surface area contributed by atoms with Gasteiger partial charge in [-0.3, -0.25) is 4.68 Å².